The van der Waals surface area contributed by atoms with Crippen LogP contribution in [0.3, 0.4) is 0 Å². The molecule has 28 heavy (non-hydrogen) atoms. The van der Waals surface area contributed by atoms with Crippen molar-refractivity contribution < 1.29 is 26.7 Å². The van der Waals surface area contributed by atoms with Crippen molar-refractivity contribution in [2.24, 2.45) is 0 Å². The summed E-state index contributed by atoms with van der Waals surface area (Å²) >= 11 is 5.96. The number of halogens is 3. The molecule has 10 heteroatoms. The SMILES string of the molecule is CN(C)S(=O)(=O)c1cc(C(=O)NCCc2ccc(OC(F)F)cc2)ccc1Cl. The Morgan fingerprint density at radius 2 is 1.82 bits per heavy atom. The second kappa shape index (κ2) is 9.31. The van der Waals surface area contributed by atoms with Gasteiger partial charge in [0.25, 0.3) is 5.91 Å². The first-order valence-electron chi connectivity index (χ1n) is 8.15. The Morgan fingerprint density at radius 3 is 2.39 bits per heavy atom. The Kier molecular flexibility index (Phi) is 7.34. The molecule has 0 bridgehead atoms. The van der Waals surface area contributed by atoms with Crippen molar-refractivity contribution >= 4 is 27.5 Å². The van der Waals surface area contributed by atoms with E-state index in [9.17, 15) is 22.0 Å². The first-order valence-corrected chi connectivity index (χ1v) is 9.97. The molecule has 0 atom stereocenters. The summed E-state index contributed by atoms with van der Waals surface area (Å²) in [6.45, 7) is -2.61. The van der Waals surface area contributed by atoms with Gasteiger partial charge in [0, 0.05) is 26.2 Å². The molecule has 2 aromatic rings. The van der Waals surface area contributed by atoms with Gasteiger partial charge in [-0.25, -0.2) is 12.7 Å². The molecule has 0 unspecified atom stereocenters. The van der Waals surface area contributed by atoms with Crippen LogP contribution >= 0.6 is 11.6 Å². The highest BCUT2D eigenvalue weighted by Crippen LogP contribution is 2.24. The lowest BCUT2D eigenvalue weighted by atomic mass is 10.1. The number of benzene rings is 2. The Morgan fingerprint density at radius 1 is 1.18 bits per heavy atom. The van der Waals surface area contributed by atoms with Gasteiger partial charge in [-0.1, -0.05) is 23.7 Å². The predicted octanol–water partition coefficient (Wildman–Crippen LogP) is 3.16. The van der Waals surface area contributed by atoms with E-state index in [1.165, 1.54) is 44.4 Å². The Bertz CT molecular complexity index is 935. The molecule has 2 rings (SSSR count). The van der Waals surface area contributed by atoms with Gasteiger partial charge in [0.15, 0.2) is 0 Å². The van der Waals surface area contributed by atoms with Gasteiger partial charge in [0.1, 0.15) is 10.6 Å². The van der Waals surface area contributed by atoms with Crippen LogP contribution in [0.4, 0.5) is 8.78 Å². The molecule has 0 aromatic heterocycles. The number of amides is 1. The molecule has 0 spiro atoms. The first kappa shape index (κ1) is 22.1. The topological polar surface area (TPSA) is 75.7 Å². The fourth-order valence-corrected chi connectivity index (χ4v) is 3.69. The first-order chi connectivity index (χ1) is 13.1. The highest BCUT2D eigenvalue weighted by Gasteiger charge is 2.22. The van der Waals surface area contributed by atoms with E-state index in [1.54, 1.807) is 12.1 Å². The van der Waals surface area contributed by atoms with Gasteiger partial charge in [0.2, 0.25) is 10.0 Å². The van der Waals surface area contributed by atoms with Gasteiger partial charge in [-0.3, -0.25) is 4.79 Å². The van der Waals surface area contributed by atoms with E-state index >= 15 is 0 Å². The maximum atomic E-state index is 12.3. The van der Waals surface area contributed by atoms with E-state index in [-0.39, 0.29) is 27.8 Å². The molecule has 2 aromatic carbocycles. The number of sulfonamides is 1. The summed E-state index contributed by atoms with van der Waals surface area (Å²) in [6.07, 6.45) is 0.455. The van der Waals surface area contributed by atoms with Crippen LogP contribution in [0.25, 0.3) is 0 Å². The number of rotatable bonds is 8. The average Bonchev–Trinajstić information content (AvgIpc) is 2.62. The van der Waals surface area contributed by atoms with E-state index < -0.39 is 22.5 Å². The fourth-order valence-electron chi connectivity index (χ4n) is 2.30. The van der Waals surface area contributed by atoms with Gasteiger partial charge in [-0.15, -0.1) is 0 Å². The number of alkyl halides is 2. The third kappa shape index (κ3) is 5.63. The maximum Gasteiger partial charge on any atom is 0.387 e. The number of ether oxygens (including phenoxy) is 1. The van der Waals surface area contributed by atoms with Crippen LogP contribution in [0.5, 0.6) is 5.75 Å². The zero-order valence-electron chi connectivity index (χ0n) is 15.2. The summed E-state index contributed by atoms with van der Waals surface area (Å²) in [5, 5.41) is 2.70. The Labute approximate surface area is 167 Å². The molecule has 6 nitrogen and oxygen atoms in total. The molecule has 0 fully saturated rings. The zero-order valence-corrected chi connectivity index (χ0v) is 16.7. The van der Waals surface area contributed by atoms with E-state index in [0.29, 0.717) is 6.42 Å². The lowest BCUT2D eigenvalue weighted by Gasteiger charge is -2.14. The molecule has 0 saturated carbocycles. The monoisotopic (exact) mass is 432 g/mol. The normalized spacial score (nSPS) is 11.7. The maximum absolute atomic E-state index is 12.3. The van der Waals surface area contributed by atoms with Crippen LogP contribution in [-0.2, 0) is 16.4 Å². The van der Waals surface area contributed by atoms with Gasteiger partial charge in [0.05, 0.1) is 5.02 Å². The van der Waals surface area contributed by atoms with Gasteiger partial charge >= 0.3 is 6.61 Å². The molecular weight excluding hydrogens is 414 g/mol. The van der Waals surface area contributed by atoms with E-state index in [1.807, 2.05) is 0 Å². The highest BCUT2D eigenvalue weighted by atomic mass is 35.5. The lowest BCUT2D eigenvalue weighted by Crippen LogP contribution is -2.27. The smallest absolute Gasteiger partial charge is 0.387 e. The molecule has 0 aliphatic rings. The van der Waals surface area contributed by atoms with Crippen LogP contribution in [-0.4, -0.2) is 45.9 Å². The molecule has 0 saturated heterocycles. The minimum Gasteiger partial charge on any atom is -0.435 e. The molecule has 0 aliphatic carbocycles. The standard InChI is InChI=1S/C18H19ClF2N2O4S/c1-23(2)28(25,26)16-11-13(5-8-15(16)19)17(24)22-10-9-12-3-6-14(7-4-12)27-18(20)21/h3-8,11,18H,9-10H2,1-2H3,(H,22,24). The third-order valence-electron chi connectivity index (χ3n) is 3.80. The van der Waals surface area contributed by atoms with Crippen LogP contribution in [0, 0.1) is 0 Å². The number of hydrogen-bond donors (Lipinski definition) is 1. The third-order valence-corrected chi connectivity index (χ3v) is 6.10. The van der Waals surface area contributed by atoms with Gasteiger partial charge in [-0.2, -0.15) is 8.78 Å². The largest absolute Gasteiger partial charge is 0.435 e. The molecule has 1 N–H and O–H groups in total. The van der Waals surface area contributed by atoms with Crippen molar-refractivity contribution in [2.75, 3.05) is 20.6 Å². The summed E-state index contributed by atoms with van der Waals surface area (Å²) in [7, 11) is -1.04. The molecule has 0 aliphatic heterocycles. The number of nitrogens with one attached hydrogen (secondary N) is 1. The minimum atomic E-state index is -3.78. The van der Waals surface area contributed by atoms with E-state index in [4.69, 9.17) is 11.6 Å². The molecule has 152 valence electrons. The summed E-state index contributed by atoms with van der Waals surface area (Å²) in [4.78, 5) is 12.2. The van der Waals surface area contributed by atoms with Crippen LogP contribution in [0.1, 0.15) is 15.9 Å². The number of hydrogen-bond acceptors (Lipinski definition) is 4. The van der Waals surface area contributed by atoms with Gasteiger partial charge in [-0.05, 0) is 42.3 Å². The number of carbonyl (C=O) groups excluding carboxylic acids is 1. The number of carbonyl (C=O) groups is 1. The van der Waals surface area contributed by atoms with Crippen LogP contribution in [0.2, 0.25) is 5.02 Å². The highest BCUT2D eigenvalue weighted by molar-refractivity contribution is 7.89. The van der Waals surface area contributed by atoms with Crippen molar-refractivity contribution in [1.82, 2.24) is 9.62 Å². The van der Waals surface area contributed by atoms with Gasteiger partial charge < -0.3 is 10.1 Å². The molecule has 0 heterocycles. The molecule has 0 radical (unpaired) electrons. The predicted molar refractivity (Wildman–Crippen MR) is 101 cm³/mol. The van der Waals surface area contributed by atoms with E-state index in [0.717, 1.165) is 9.87 Å². The summed E-state index contributed by atoms with van der Waals surface area (Å²) in [5.41, 5.74) is 0.972. The van der Waals surface area contributed by atoms with Crippen LogP contribution in [0.15, 0.2) is 47.4 Å². The van der Waals surface area contributed by atoms with Crippen LogP contribution < -0.4 is 10.1 Å². The van der Waals surface area contributed by atoms with Crippen molar-refractivity contribution in [3.05, 3.63) is 58.6 Å². The van der Waals surface area contributed by atoms with Crippen molar-refractivity contribution in [3.8, 4) is 5.75 Å². The Balaban J connectivity index is 2.00. The quantitative estimate of drug-likeness (QED) is 0.695. The van der Waals surface area contributed by atoms with Crippen molar-refractivity contribution in [1.29, 1.82) is 0 Å². The lowest BCUT2D eigenvalue weighted by molar-refractivity contribution is -0.0498. The summed E-state index contributed by atoms with van der Waals surface area (Å²) < 4.78 is 54.1. The second-order valence-electron chi connectivity index (χ2n) is 5.96. The zero-order chi connectivity index (χ0) is 20.9. The number of nitrogens with zero attached hydrogens (tertiary/aromatic N) is 1. The summed E-state index contributed by atoms with van der Waals surface area (Å²) in [6, 6.07) is 10.1. The summed E-state index contributed by atoms with van der Waals surface area (Å²) in [5.74, 6) is -0.400. The van der Waals surface area contributed by atoms with E-state index in [2.05, 4.69) is 10.1 Å². The second-order valence-corrected chi connectivity index (χ2v) is 8.49. The van der Waals surface area contributed by atoms with Crippen molar-refractivity contribution in [3.63, 3.8) is 0 Å². The minimum absolute atomic E-state index is 0.0244. The molecule has 1 amide bonds. The van der Waals surface area contributed by atoms with Crippen molar-refractivity contribution in [2.45, 2.75) is 17.9 Å². The Hall–Kier alpha value is -2.23. The molecular formula is C18H19ClF2N2O4S. The fraction of sp³-hybridized carbons (Fsp3) is 0.278. The average molecular weight is 433 g/mol.